The van der Waals surface area contributed by atoms with E-state index in [4.69, 9.17) is 23.2 Å². The zero-order valence-electron chi connectivity index (χ0n) is 11.8. The molecule has 1 aliphatic rings. The molecule has 0 radical (unpaired) electrons. The minimum Gasteiger partial charge on any atom is -0.354 e. The summed E-state index contributed by atoms with van der Waals surface area (Å²) in [5, 5.41) is 7.31. The van der Waals surface area contributed by atoms with Gasteiger partial charge in [-0.25, -0.2) is 0 Å². The Morgan fingerprint density at radius 2 is 2.15 bits per heavy atom. The first kappa shape index (κ1) is 15.6. The fraction of sp³-hybridized carbons (Fsp3) is 0.533. The number of nitrogens with one attached hydrogen (secondary N) is 2. The molecule has 20 heavy (non-hydrogen) atoms. The first-order valence-electron chi connectivity index (χ1n) is 6.87. The Labute approximate surface area is 130 Å². The van der Waals surface area contributed by atoms with E-state index < -0.39 is 0 Å². The lowest BCUT2D eigenvalue weighted by molar-refractivity contribution is -0.123. The van der Waals surface area contributed by atoms with Crippen LogP contribution in [-0.2, 0) is 10.2 Å². The maximum atomic E-state index is 12.0. The number of carbonyl (C=O) groups is 1. The minimum absolute atomic E-state index is 0.0420. The molecule has 0 bridgehead atoms. The Bertz CT molecular complexity index is 497. The molecule has 1 fully saturated rings. The van der Waals surface area contributed by atoms with Gasteiger partial charge in [0.25, 0.3) is 0 Å². The van der Waals surface area contributed by atoms with Crippen LogP contribution in [-0.4, -0.2) is 25.0 Å². The molecule has 0 aliphatic carbocycles. The van der Waals surface area contributed by atoms with Gasteiger partial charge < -0.3 is 10.6 Å². The van der Waals surface area contributed by atoms with Gasteiger partial charge in [0, 0.05) is 12.0 Å². The van der Waals surface area contributed by atoms with Gasteiger partial charge in [0.1, 0.15) is 0 Å². The Kier molecular flexibility index (Phi) is 4.95. The Balaban J connectivity index is 1.99. The highest BCUT2D eigenvalue weighted by Gasteiger charge is 2.26. The van der Waals surface area contributed by atoms with E-state index in [0.29, 0.717) is 16.6 Å². The number of hydrogen-bond acceptors (Lipinski definition) is 2. The van der Waals surface area contributed by atoms with Gasteiger partial charge in [-0.1, -0.05) is 43.1 Å². The second kappa shape index (κ2) is 6.33. The van der Waals surface area contributed by atoms with Crippen LogP contribution in [0.15, 0.2) is 18.2 Å². The average molecular weight is 315 g/mol. The van der Waals surface area contributed by atoms with Crippen LogP contribution in [0.25, 0.3) is 0 Å². The summed E-state index contributed by atoms with van der Waals surface area (Å²) in [4.78, 5) is 12.0. The maximum absolute atomic E-state index is 12.0. The zero-order valence-corrected chi connectivity index (χ0v) is 13.3. The quantitative estimate of drug-likeness (QED) is 0.896. The summed E-state index contributed by atoms with van der Waals surface area (Å²) in [7, 11) is 0. The normalized spacial score (nSPS) is 19.1. The van der Waals surface area contributed by atoms with Crippen molar-refractivity contribution in [1.29, 1.82) is 0 Å². The topological polar surface area (TPSA) is 41.1 Å². The number of carbonyl (C=O) groups excluding carboxylic acids is 1. The lowest BCUT2D eigenvalue weighted by Gasteiger charge is -2.27. The van der Waals surface area contributed by atoms with Crippen LogP contribution in [0.1, 0.15) is 32.3 Å². The van der Waals surface area contributed by atoms with Gasteiger partial charge in [-0.15, -0.1) is 0 Å². The van der Waals surface area contributed by atoms with Crippen LogP contribution in [0, 0.1) is 0 Å². The standard InChI is InChI=1S/C15H20Cl2N2O/c1-15(2,10-5-6-11(16)12(17)8-10)9-19-14(20)13-4-3-7-18-13/h5-6,8,13,18H,3-4,7,9H2,1-2H3,(H,19,20). The summed E-state index contributed by atoms with van der Waals surface area (Å²) in [6.45, 7) is 5.65. The molecule has 0 saturated carbocycles. The van der Waals surface area contributed by atoms with Crippen molar-refractivity contribution in [3.8, 4) is 0 Å². The smallest absolute Gasteiger partial charge is 0.237 e. The van der Waals surface area contributed by atoms with E-state index in [9.17, 15) is 4.79 Å². The predicted octanol–water partition coefficient (Wildman–Crippen LogP) is 3.14. The second-order valence-electron chi connectivity index (χ2n) is 5.88. The van der Waals surface area contributed by atoms with Crippen LogP contribution < -0.4 is 10.6 Å². The van der Waals surface area contributed by atoms with Crippen LogP contribution >= 0.6 is 23.2 Å². The second-order valence-corrected chi connectivity index (χ2v) is 6.69. The van der Waals surface area contributed by atoms with Crippen molar-refractivity contribution in [3.63, 3.8) is 0 Å². The van der Waals surface area contributed by atoms with Gasteiger partial charge in [-0.3, -0.25) is 4.79 Å². The molecule has 1 aliphatic heterocycles. The molecule has 2 N–H and O–H groups in total. The number of rotatable bonds is 4. The van der Waals surface area contributed by atoms with Gasteiger partial charge in [0.2, 0.25) is 5.91 Å². The molecule has 2 rings (SSSR count). The molecule has 1 aromatic rings. The first-order valence-corrected chi connectivity index (χ1v) is 7.62. The number of amides is 1. The SMILES string of the molecule is CC(C)(CNC(=O)C1CCCN1)c1ccc(Cl)c(Cl)c1. The number of benzene rings is 1. The molecule has 1 heterocycles. The van der Waals surface area contributed by atoms with Crippen molar-refractivity contribution in [2.24, 2.45) is 0 Å². The first-order chi connectivity index (χ1) is 9.40. The number of hydrogen-bond donors (Lipinski definition) is 2. The van der Waals surface area contributed by atoms with E-state index in [1.807, 2.05) is 12.1 Å². The Morgan fingerprint density at radius 3 is 2.75 bits per heavy atom. The van der Waals surface area contributed by atoms with E-state index in [1.54, 1.807) is 6.07 Å². The Morgan fingerprint density at radius 1 is 1.40 bits per heavy atom. The molecule has 1 unspecified atom stereocenters. The van der Waals surface area contributed by atoms with Crippen LogP contribution in [0.3, 0.4) is 0 Å². The van der Waals surface area contributed by atoms with Crippen LogP contribution in [0.5, 0.6) is 0 Å². The van der Waals surface area contributed by atoms with Crippen molar-refractivity contribution in [1.82, 2.24) is 10.6 Å². The molecule has 0 spiro atoms. The van der Waals surface area contributed by atoms with Gasteiger partial charge in [0.15, 0.2) is 0 Å². The summed E-state index contributed by atoms with van der Waals surface area (Å²) >= 11 is 12.0. The third-order valence-corrected chi connectivity index (χ3v) is 4.52. The molecule has 0 aromatic heterocycles. The monoisotopic (exact) mass is 314 g/mol. The highest BCUT2D eigenvalue weighted by molar-refractivity contribution is 6.42. The van der Waals surface area contributed by atoms with E-state index in [0.717, 1.165) is 24.9 Å². The molecule has 1 atom stereocenters. The summed E-state index contributed by atoms with van der Waals surface area (Å²) in [5.74, 6) is 0.0793. The average Bonchev–Trinajstić information content (AvgIpc) is 2.93. The molecular formula is C15H20Cl2N2O. The molecule has 5 heteroatoms. The maximum Gasteiger partial charge on any atom is 0.237 e. The molecular weight excluding hydrogens is 295 g/mol. The lowest BCUT2D eigenvalue weighted by atomic mass is 9.84. The molecule has 1 saturated heterocycles. The van der Waals surface area contributed by atoms with E-state index >= 15 is 0 Å². The van der Waals surface area contributed by atoms with Crippen LogP contribution in [0.4, 0.5) is 0 Å². The predicted molar refractivity (Wildman–Crippen MR) is 83.5 cm³/mol. The van der Waals surface area contributed by atoms with Crippen molar-refractivity contribution in [3.05, 3.63) is 33.8 Å². The fourth-order valence-corrected chi connectivity index (χ4v) is 2.66. The summed E-state index contributed by atoms with van der Waals surface area (Å²) in [6, 6.07) is 5.57. The third-order valence-electron chi connectivity index (χ3n) is 3.78. The summed E-state index contributed by atoms with van der Waals surface area (Å²) in [5.41, 5.74) is 0.870. The van der Waals surface area contributed by atoms with Crippen molar-refractivity contribution in [2.75, 3.05) is 13.1 Å². The largest absolute Gasteiger partial charge is 0.354 e. The minimum atomic E-state index is -0.192. The van der Waals surface area contributed by atoms with Crippen molar-refractivity contribution in [2.45, 2.75) is 38.1 Å². The Hall–Kier alpha value is -0.770. The highest BCUT2D eigenvalue weighted by atomic mass is 35.5. The summed E-state index contributed by atoms with van der Waals surface area (Å²) < 4.78 is 0. The molecule has 1 amide bonds. The molecule has 110 valence electrons. The lowest BCUT2D eigenvalue weighted by Crippen LogP contribution is -2.45. The molecule has 3 nitrogen and oxygen atoms in total. The van der Waals surface area contributed by atoms with Gasteiger partial charge >= 0.3 is 0 Å². The van der Waals surface area contributed by atoms with Gasteiger partial charge in [-0.05, 0) is 37.1 Å². The van der Waals surface area contributed by atoms with Gasteiger partial charge in [-0.2, -0.15) is 0 Å². The van der Waals surface area contributed by atoms with E-state index in [1.165, 1.54) is 0 Å². The van der Waals surface area contributed by atoms with Crippen molar-refractivity contribution < 1.29 is 4.79 Å². The van der Waals surface area contributed by atoms with Gasteiger partial charge in [0.05, 0.1) is 16.1 Å². The fourth-order valence-electron chi connectivity index (χ4n) is 2.36. The third kappa shape index (κ3) is 3.66. The van der Waals surface area contributed by atoms with Crippen LogP contribution in [0.2, 0.25) is 10.0 Å². The van der Waals surface area contributed by atoms with Crippen molar-refractivity contribution >= 4 is 29.1 Å². The van der Waals surface area contributed by atoms with E-state index in [2.05, 4.69) is 24.5 Å². The highest BCUT2D eigenvalue weighted by Crippen LogP contribution is 2.29. The zero-order chi connectivity index (χ0) is 14.8. The molecule has 1 aromatic carbocycles. The van der Waals surface area contributed by atoms with E-state index in [-0.39, 0.29) is 17.4 Å². The summed E-state index contributed by atoms with van der Waals surface area (Å²) in [6.07, 6.45) is 1.98. The number of halogens is 2.